The van der Waals surface area contributed by atoms with Crippen LogP contribution in [-0.2, 0) is 5.60 Å². The molecule has 126 valence electrons. The summed E-state index contributed by atoms with van der Waals surface area (Å²) in [4.78, 5) is 4.31. The molecule has 1 aromatic heterocycles. The Balaban J connectivity index is 1.83. The summed E-state index contributed by atoms with van der Waals surface area (Å²) < 4.78 is 12.9. The molecule has 0 saturated carbocycles. The van der Waals surface area contributed by atoms with Crippen LogP contribution < -0.4 is 9.47 Å². The lowest BCUT2D eigenvalue weighted by molar-refractivity contribution is 0.117. The molecule has 25 heavy (non-hydrogen) atoms. The molecule has 0 amide bonds. The number of fused-ring (bicyclic) bond motifs is 4. The van der Waals surface area contributed by atoms with Crippen molar-refractivity contribution < 1.29 is 19.7 Å². The third-order valence-corrected chi connectivity index (χ3v) is 4.94. The largest absolute Gasteiger partial charge is 0.507 e. The highest BCUT2D eigenvalue weighted by Crippen LogP contribution is 2.52. The quantitative estimate of drug-likeness (QED) is 0.701. The molecule has 3 aromatic rings. The Morgan fingerprint density at radius 1 is 1.16 bits per heavy atom. The molecule has 1 unspecified atom stereocenters. The lowest BCUT2D eigenvalue weighted by Gasteiger charge is -2.27. The van der Waals surface area contributed by atoms with Crippen LogP contribution in [0.2, 0.25) is 5.02 Å². The molecule has 2 N–H and O–H groups in total. The molecule has 0 fully saturated rings. The van der Waals surface area contributed by atoms with Crippen LogP contribution in [0.5, 0.6) is 17.2 Å². The molecule has 2 aliphatic heterocycles. The number of halogens is 1. The first-order chi connectivity index (χ1) is 12.1. The van der Waals surface area contributed by atoms with Gasteiger partial charge in [-0.25, -0.2) is 4.98 Å². The first-order valence-corrected chi connectivity index (χ1v) is 8.17. The summed E-state index contributed by atoms with van der Waals surface area (Å²) in [5, 5.41) is 22.7. The van der Waals surface area contributed by atoms with Crippen LogP contribution in [-0.4, -0.2) is 33.0 Å². The maximum atomic E-state index is 11.7. The van der Waals surface area contributed by atoms with E-state index < -0.39 is 5.60 Å². The maximum absolute atomic E-state index is 11.7. The van der Waals surface area contributed by atoms with Gasteiger partial charge in [-0.15, -0.1) is 0 Å². The number of imidazole rings is 1. The number of phenols is 1. The van der Waals surface area contributed by atoms with E-state index in [9.17, 15) is 10.2 Å². The number of aromatic hydroxyl groups is 1. The van der Waals surface area contributed by atoms with E-state index in [0.29, 0.717) is 41.1 Å². The van der Waals surface area contributed by atoms with Gasteiger partial charge in [0.15, 0.2) is 22.9 Å². The van der Waals surface area contributed by atoms with E-state index >= 15 is 0 Å². The van der Waals surface area contributed by atoms with Gasteiger partial charge in [0, 0.05) is 34.6 Å². The normalized spacial score (nSPS) is 20.2. The zero-order valence-corrected chi connectivity index (χ0v) is 13.7. The third kappa shape index (κ3) is 1.80. The van der Waals surface area contributed by atoms with Gasteiger partial charge in [-0.05, 0) is 18.2 Å². The summed E-state index contributed by atoms with van der Waals surface area (Å²) in [6.45, 7) is 0.816. The molecule has 3 heterocycles. The van der Waals surface area contributed by atoms with E-state index in [2.05, 4.69) is 4.98 Å². The molecule has 5 rings (SSSR count). The van der Waals surface area contributed by atoms with Crippen molar-refractivity contribution in [2.45, 2.75) is 5.60 Å². The number of aliphatic hydroxyl groups is 1. The number of rotatable bonds is 1. The zero-order chi connectivity index (χ0) is 17.2. The highest BCUT2D eigenvalue weighted by molar-refractivity contribution is 6.32. The van der Waals surface area contributed by atoms with Crippen molar-refractivity contribution in [3.8, 4) is 22.9 Å². The molecule has 0 saturated heterocycles. The first kappa shape index (κ1) is 14.6. The molecular formula is C18H13ClN2O4. The highest BCUT2D eigenvalue weighted by Gasteiger charge is 2.48. The van der Waals surface area contributed by atoms with E-state index in [1.165, 1.54) is 6.07 Å². The lowest BCUT2D eigenvalue weighted by atomic mass is 9.86. The predicted molar refractivity (Wildman–Crippen MR) is 89.8 cm³/mol. The van der Waals surface area contributed by atoms with E-state index in [0.717, 1.165) is 5.69 Å². The molecule has 7 heteroatoms. The Morgan fingerprint density at radius 3 is 2.72 bits per heavy atom. The summed E-state index contributed by atoms with van der Waals surface area (Å²) in [6.07, 6.45) is 3.34. The standard InChI is InChI=1S/C18H13ClN2O4/c19-11-2-1-3-12-16(11)18(23,17-20-4-5-21(12)17)10-8-14-15(9-13(10)22)25-7-6-24-14/h1-5,8-9,22-23H,6-7H2. The maximum Gasteiger partial charge on any atom is 0.180 e. The van der Waals surface area contributed by atoms with Crippen molar-refractivity contribution in [3.05, 3.63) is 64.7 Å². The van der Waals surface area contributed by atoms with Gasteiger partial charge in [-0.1, -0.05) is 17.7 Å². The van der Waals surface area contributed by atoms with E-state index in [4.69, 9.17) is 21.1 Å². The average Bonchev–Trinajstić information content (AvgIpc) is 3.18. The Morgan fingerprint density at radius 2 is 1.92 bits per heavy atom. The van der Waals surface area contributed by atoms with Gasteiger partial charge in [0.1, 0.15) is 19.0 Å². The van der Waals surface area contributed by atoms with Crippen molar-refractivity contribution in [1.82, 2.24) is 9.55 Å². The van der Waals surface area contributed by atoms with Crippen LogP contribution in [0.1, 0.15) is 17.0 Å². The Labute approximate surface area is 147 Å². The summed E-state index contributed by atoms with van der Waals surface area (Å²) in [7, 11) is 0. The second-order valence-corrected chi connectivity index (χ2v) is 6.39. The molecular weight excluding hydrogens is 344 g/mol. The number of aromatic nitrogens is 2. The highest BCUT2D eigenvalue weighted by atomic mass is 35.5. The number of hydrogen-bond donors (Lipinski definition) is 2. The van der Waals surface area contributed by atoms with Gasteiger partial charge in [-0.3, -0.25) is 0 Å². The van der Waals surface area contributed by atoms with Gasteiger partial charge >= 0.3 is 0 Å². The summed E-state index contributed by atoms with van der Waals surface area (Å²) in [5.74, 6) is 1.15. The molecule has 2 aromatic carbocycles. The Bertz CT molecular complexity index is 1020. The van der Waals surface area contributed by atoms with E-state index in [-0.39, 0.29) is 11.3 Å². The van der Waals surface area contributed by atoms with Crippen molar-refractivity contribution in [1.29, 1.82) is 0 Å². The minimum atomic E-state index is -1.70. The smallest absolute Gasteiger partial charge is 0.180 e. The van der Waals surface area contributed by atoms with E-state index in [1.807, 2.05) is 6.07 Å². The van der Waals surface area contributed by atoms with Crippen molar-refractivity contribution in [2.24, 2.45) is 0 Å². The van der Waals surface area contributed by atoms with Crippen molar-refractivity contribution in [3.63, 3.8) is 0 Å². The number of ether oxygens (including phenoxy) is 2. The molecule has 0 aliphatic carbocycles. The van der Waals surface area contributed by atoms with Crippen LogP contribution in [0.3, 0.4) is 0 Å². The zero-order valence-electron chi connectivity index (χ0n) is 12.9. The summed E-state index contributed by atoms with van der Waals surface area (Å²) in [5.41, 5.74) is -0.253. The average molecular weight is 357 g/mol. The van der Waals surface area contributed by atoms with Gasteiger partial charge in [-0.2, -0.15) is 0 Å². The fourth-order valence-electron chi connectivity index (χ4n) is 3.57. The van der Waals surface area contributed by atoms with Crippen molar-refractivity contribution >= 4 is 11.6 Å². The number of hydrogen-bond acceptors (Lipinski definition) is 5. The summed E-state index contributed by atoms with van der Waals surface area (Å²) >= 11 is 6.41. The molecule has 2 aliphatic rings. The van der Waals surface area contributed by atoms with Crippen LogP contribution >= 0.6 is 11.6 Å². The predicted octanol–water partition coefficient (Wildman–Crippen LogP) is 2.60. The van der Waals surface area contributed by atoms with Crippen LogP contribution in [0.4, 0.5) is 0 Å². The minimum absolute atomic E-state index is 0.117. The lowest BCUT2D eigenvalue weighted by Crippen LogP contribution is -2.28. The molecule has 0 radical (unpaired) electrons. The second kappa shape index (κ2) is 4.91. The Hall–Kier alpha value is -2.70. The van der Waals surface area contributed by atoms with Gasteiger partial charge in [0.05, 0.1) is 5.69 Å². The molecule has 6 nitrogen and oxygen atoms in total. The number of phenolic OH excluding ortho intramolecular Hbond substituents is 1. The monoisotopic (exact) mass is 356 g/mol. The Kier molecular flexibility index (Phi) is 2.87. The third-order valence-electron chi connectivity index (χ3n) is 4.63. The second-order valence-electron chi connectivity index (χ2n) is 5.98. The SMILES string of the molecule is Oc1cc2c(cc1C1(O)c3c(Cl)cccc3-n3ccnc31)OCCO2. The van der Waals surface area contributed by atoms with Crippen LogP contribution in [0.15, 0.2) is 42.7 Å². The summed E-state index contributed by atoms with van der Waals surface area (Å²) in [6, 6.07) is 8.39. The van der Waals surface area contributed by atoms with E-state index in [1.54, 1.807) is 35.2 Å². The molecule has 0 spiro atoms. The van der Waals surface area contributed by atoms with Crippen LogP contribution in [0.25, 0.3) is 5.69 Å². The topological polar surface area (TPSA) is 76.7 Å². The number of benzene rings is 2. The fraction of sp³-hybridized carbons (Fsp3) is 0.167. The van der Waals surface area contributed by atoms with Crippen molar-refractivity contribution in [2.75, 3.05) is 13.2 Å². The van der Waals surface area contributed by atoms with Crippen LogP contribution in [0, 0.1) is 0 Å². The van der Waals surface area contributed by atoms with Gasteiger partial charge < -0.3 is 24.3 Å². The molecule has 1 atom stereocenters. The number of nitrogens with zero attached hydrogens (tertiary/aromatic N) is 2. The molecule has 0 bridgehead atoms. The minimum Gasteiger partial charge on any atom is -0.507 e. The van der Waals surface area contributed by atoms with Gasteiger partial charge in [0.25, 0.3) is 0 Å². The first-order valence-electron chi connectivity index (χ1n) is 7.79. The fourth-order valence-corrected chi connectivity index (χ4v) is 3.88. The van der Waals surface area contributed by atoms with Gasteiger partial charge in [0.2, 0.25) is 0 Å².